The Bertz CT molecular complexity index is 406. The van der Waals surface area contributed by atoms with Gasteiger partial charge in [0.05, 0.1) is 5.69 Å². The highest BCUT2D eigenvalue weighted by Gasteiger charge is 2.30. The second-order valence-corrected chi connectivity index (χ2v) is 6.00. The van der Waals surface area contributed by atoms with Gasteiger partial charge in [-0.1, -0.05) is 27.7 Å². The Kier molecular flexibility index (Phi) is 4.27. The minimum Gasteiger partial charge on any atom is -0.477 e. The Labute approximate surface area is 106 Å². The monoisotopic (exact) mass is 257 g/mol. The summed E-state index contributed by atoms with van der Waals surface area (Å²) < 4.78 is 5.45. The molecule has 17 heavy (non-hydrogen) atoms. The second kappa shape index (κ2) is 5.14. The van der Waals surface area contributed by atoms with Crippen LogP contribution in [0.1, 0.15) is 54.2 Å². The van der Waals surface area contributed by atoms with Crippen LogP contribution in [0.2, 0.25) is 0 Å². The van der Waals surface area contributed by atoms with Crippen LogP contribution in [0.3, 0.4) is 0 Å². The van der Waals surface area contributed by atoms with E-state index in [-0.39, 0.29) is 11.5 Å². The van der Waals surface area contributed by atoms with Crippen molar-refractivity contribution in [2.24, 2.45) is 5.41 Å². The Morgan fingerprint density at radius 3 is 2.41 bits per heavy atom. The molecule has 1 unspecified atom stereocenters. The van der Waals surface area contributed by atoms with Crippen LogP contribution in [0, 0.1) is 5.41 Å². The number of carbonyl (C=O) groups is 1. The molecular weight excluding hydrogens is 238 g/mol. The highest BCUT2D eigenvalue weighted by Crippen LogP contribution is 2.38. The summed E-state index contributed by atoms with van der Waals surface area (Å²) in [5, 5.41) is 9.84. The highest BCUT2D eigenvalue weighted by atomic mass is 32.1. The lowest BCUT2D eigenvalue weighted by Gasteiger charge is -2.27. The third-order valence-electron chi connectivity index (χ3n) is 2.49. The summed E-state index contributed by atoms with van der Waals surface area (Å²) in [6, 6.07) is 0. The number of nitrogens with zero attached hydrogens (tertiary/aromatic N) is 1. The largest absolute Gasteiger partial charge is 0.477 e. The quantitative estimate of drug-likeness (QED) is 0.900. The minimum absolute atomic E-state index is 0.104. The van der Waals surface area contributed by atoms with Crippen LogP contribution in [-0.2, 0) is 11.2 Å². The fourth-order valence-electron chi connectivity index (χ4n) is 1.71. The summed E-state index contributed by atoms with van der Waals surface area (Å²) in [7, 11) is 1.63. The molecule has 0 aliphatic carbocycles. The molecule has 0 aliphatic rings. The number of methoxy groups -OCH3 is 1. The van der Waals surface area contributed by atoms with Crippen LogP contribution >= 0.6 is 11.3 Å². The van der Waals surface area contributed by atoms with Crippen molar-refractivity contribution in [1.29, 1.82) is 0 Å². The topological polar surface area (TPSA) is 59.4 Å². The third kappa shape index (κ3) is 3.04. The number of aromatic nitrogens is 1. The molecule has 1 aromatic rings. The number of carboxylic acids is 1. The van der Waals surface area contributed by atoms with Gasteiger partial charge in [0.1, 0.15) is 16.0 Å². The average Bonchev–Trinajstić information content (AvgIpc) is 2.60. The van der Waals surface area contributed by atoms with E-state index in [2.05, 4.69) is 25.8 Å². The zero-order valence-corrected chi connectivity index (χ0v) is 11.7. The van der Waals surface area contributed by atoms with Gasteiger partial charge in [0, 0.05) is 7.11 Å². The fourth-order valence-corrected chi connectivity index (χ4v) is 3.03. The van der Waals surface area contributed by atoms with Crippen molar-refractivity contribution >= 4 is 17.3 Å². The van der Waals surface area contributed by atoms with E-state index in [0.717, 1.165) is 5.01 Å². The zero-order valence-electron chi connectivity index (χ0n) is 10.9. The van der Waals surface area contributed by atoms with Gasteiger partial charge in [-0.2, -0.15) is 0 Å². The minimum atomic E-state index is -0.908. The lowest BCUT2D eigenvalue weighted by atomic mass is 9.89. The van der Waals surface area contributed by atoms with Crippen molar-refractivity contribution in [3.8, 4) is 0 Å². The Balaban J connectivity index is 3.18. The zero-order chi connectivity index (χ0) is 13.2. The number of carboxylic acid groups (broad SMARTS) is 1. The van der Waals surface area contributed by atoms with Gasteiger partial charge in [0.25, 0.3) is 0 Å². The number of thiazole rings is 1. The van der Waals surface area contributed by atoms with E-state index in [4.69, 9.17) is 9.84 Å². The van der Waals surface area contributed by atoms with Gasteiger partial charge in [-0.25, -0.2) is 9.78 Å². The van der Waals surface area contributed by atoms with Gasteiger partial charge >= 0.3 is 5.97 Å². The van der Waals surface area contributed by atoms with E-state index in [0.29, 0.717) is 17.0 Å². The molecule has 0 aromatic carbocycles. The van der Waals surface area contributed by atoms with Gasteiger partial charge in [-0.15, -0.1) is 11.3 Å². The van der Waals surface area contributed by atoms with Crippen LogP contribution in [0.25, 0.3) is 0 Å². The third-order valence-corrected chi connectivity index (χ3v) is 3.62. The van der Waals surface area contributed by atoms with Crippen molar-refractivity contribution in [2.75, 3.05) is 7.11 Å². The molecule has 0 bridgehead atoms. The molecule has 0 saturated carbocycles. The first-order valence-electron chi connectivity index (χ1n) is 5.57. The number of aromatic carboxylic acids is 1. The van der Waals surface area contributed by atoms with Gasteiger partial charge in [-0.05, 0) is 11.8 Å². The van der Waals surface area contributed by atoms with Crippen molar-refractivity contribution in [3.05, 3.63) is 15.6 Å². The molecule has 0 spiro atoms. The summed E-state index contributed by atoms with van der Waals surface area (Å²) in [6.07, 6.45) is 0.449. The van der Waals surface area contributed by atoms with Crippen LogP contribution in [0.15, 0.2) is 0 Å². The molecule has 1 atom stereocenters. The van der Waals surface area contributed by atoms with E-state index in [1.54, 1.807) is 7.11 Å². The molecule has 96 valence electrons. The number of rotatable bonds is 4. The molecule has 5 heteroatoms. The molecule has 1 aromatic heterocycles. The molecule has 0 fully saturated rings. The Morgan fingerprint density at radius 2 is 2.12 bits per heavy atom. The van der Waals surface area contributed by atoms with Crippen molar-refractivity contribution in [1.82, 2.24) is 4.98 Å². The summed E-state index contributed by atoms with van der Waals surface area (Å²) in [4.78, 5) is 15.8. The van der Waals surface area contributed by atoms with E-state index >= 15 is 0 Å². The maximum Gasteiger partial charge on any atom is 0.347 e. The Morgan fingerprint density at radius 1 is 1.53 bits per heavy atom. The van der Waals surface area contributed by atoms with Crippen LogP contribution < -0.4 is 0 Å². The molecule has 0 saturated heterocycles. The Hall–Kier alpha value is -0.940. The van der Waals surface area contributed by atoms with E-state index in [9.17, 15) is 4.79 Å². The predicted molar refractivity (Wildman–Crippen MR) is 67.7 cm³/mol. The molecule has 1 heterocycles. The van der Waals surface area contributed by atoms with Gasteiger partial charge in [-0.3, -0.25) is 0 Å². The molecule has 0 radical (unpaired) electrons. The lowest BCUT2D eigenvalue weighted by molar-refractivity contribution is 0.0150. The fraction of sp³-hybridized carbons (Fsp3) is 0.667. The predicted octanol–water partition coefficient (Wildman–Crippen LogP) is 3.14. The van der Waals surface area contributed by atoms with E-state index < -0.39 is 5.97 Å². The van der Waals surface area contributed by atoms with Gasteiger partial charge in [0.2, 0.25) is 0 Å². The summed E-state index contributed by atoms with van der Waals surface area (Å²) in [5.41, 5.74) is 0.539. The SMILES string of the molecule is CCc1nc(C(OC)C(C)(C)C)sc1C(=O)O. The number of hydrogen-bond acceptors (Lipinski definition) is 4. The number of ether oxygens (including phenoxy) is 1. The standard InChI is InChI=1S/C12H19NO3S/c1-6-7-8(11(14)15)17-10(13-7)9(16-5)12(2,3)4/h9H,6H2,1-5H3,(H,14,15). The smallest absolute Gasteiger partial charge is 0.347 e. The first-order valence-corrected chi connectivity index (χ1v) is 6.38. The molecule has 1 N–H and O–H groups in total. The lowest BCUT2D eigenvalue weighted by Crippen LogP contribution is -2.19. The second-order valence-electron chi connectivity index (χ2n) is 4.97. The van der Waals surface area contributed by atoms with Crippen LogP contribution in [0.4, 0.5) is 0 Å². The molecule has 1 rings (SSSR count). The highest BCUT2D eigenvalue weighted by molar-refractivity contribution is 7.13. The summed E-state index contributed by atoms with van der Waals surface area (Å²) in [5.74, 6) is -0.908. The number of hydrogen-bond donors (Lipinski definition) is 1. The molecule has 0 amide bonds. The maximum atomic E-state index is 11.1. The molecular formula is C12H19NO3S. The number of aryl methyl sites for hydroxylation is 1. The maximum absolute atomic E-state index is 11.1. The van der Waals surface area contributed by atoms with Crippen LogP contribution in [-0.4, -0.2) is 23.2 Å². The van der Waals surface area contributed by atoms with E-state index in [1.165, 1.54) is 11.3 Å². The molecule has 0 aliphatic heterocycles. The summed E-state index contributed by atoms with van der Waals surface area (Å²) in [6.45, 7) is 8.06. The van der Waals surface area contributed by atoms with Crippen molar-refractivity contribution < 1.29 is 14.6 Å². The van der Waals surface area contributed by atoms with Gasteiger partial charge < -0.3 is 9.84 Å². The first-order chi connectivity index (χ1) is 7.81. The van der Waals surface area contributed by atoms with Crippen LogP contribution in [0.5, 0.6) is 0 Å². The normalized spacial score (nSPS) is 13.7. The van der Waals surface area contributed by atoms with Crippen molar-refractivity contribution in [3.63, 3.8) is 0 Å². The van der Waals surface area contributed by atoms with Gasteiger partial charge in [0.15, 0.2) is 0 Å². The summed E-state index contributed by atoms with van der Waals surface area (Å²) >= 11 is 1.22. The molecule has 4 nitrogen and oxygen atoms in total. The first kappa shape index (κ1) is 14.1. The van der Waals surface area contributed by atoms with E-state index in [1.807, 2.05) is 6.92 Å². The van der Waals surface area contributed by atoms with Crippen molar-refractivity contribution in [2.45, 2.75) is 40.2 Å². The average molecular weight is 257 g/mol.